The average molecular weight is 269 g/mol. The van der Waals surface area contributed by atoms with Gasteiger partial charge in [-0.25, -0.2) is 0 Å². The van der Waals surface area contributed by atoms with Gasteiger partial charge in [-0.05, 0) is 31.6 Å². The summed E-state index contributed by atoms with van der Waals surface area (Å²) < 4.78 is 5.55. The van der Waals surface area contributed by atoms with Crippen LogP contribution in [0.25, 0.3) is 0 Å². The summed E-state index contributed by atoms with van der Waals surface area (Å²) in [6, 6.07) is 0.612. The summed E-state index contributed by atoms with van der Waals surface area (Å²) in [5.41, 5.74) is 0. The topological polar surface area (TPSA) is 49.8 Å². The third-order valence-electron chi connectivity index (χ3n) is 4.99. The zero-order valence-corrected chi connectivity index (χ0v) is 12.2. The van der Waals surface area contributed by atoms with Crippen molar-refractivity contribution in [1.29, 1.82) is 0 Å². The van der Waals surface area contributed by atoms with Gasteiger partial charge in [-0.15, -0.1) is 0 Å². The average Bonchev–Trinajstić information content (AvgIpc) is 2.46. The number of hydrogen-bond acceptors (Lipinski definition) is 3. The highest BCUT2D eigenvalue weighted by Gasteiger charge is 2.40. The van der Waals surface area contributed by atoms with Crippen LogP contribution >= 0.6 is 0 Å². The fourth-order valence-electron chi connectivity index (χ4n) is 3.71. The van der Waals surface area contributed by atoms with Gasteiger partial charge in [0.05, 0.1) is 19.1 Å². The Morgan fingerprint density at radius 3 is 2.74 bits per heavy atom. The molecule has 1 heterocycles. The first-order valence-electron chi connectivity index (χ1n) is 7.73. The summed E-state index contributed by atoms with van der Waals surface area (Å²) in [6.45, 7) is 6.79. The number of hydrogen-bond donors (Lipinski definition) is 1. The van der Waals surface area contributed by atoms with Crippen molar-refractivity contribution < 1.29 is 14.6 Å². The lowest BCUT2D eigenvalue weighted by molar-refractivity contribution is -0.149. The molecule has 2 fully saturated rings. The van der Waals surface area contributed by atoms with E-state index in [0.717, 1.165) is 45.4 Å². The second-order valence-electron chi connectivity index (χ2n) is 5.97. The maximum Gasteiger partial charge on any atom is 0.308 e. The summed E-state index contributed by atoms with van der Waals surface area (Å²) in [5, 5.41) is 9.50. The molecule has 1 N–H and O–H groups in total. The molecule has 0 aromatic heterocycles. The number of carbonyl (C=O) groups is 1. The molecule has 4 nitrogen and oxygen atoms in total. The number of rotatable bonds is 4. The summed E-state index contributed by atoms with van der Waals surface area (Å²) in [4.78, 5) is 14.0. The van der Waals surface area contributed by atoms with E-state index in [1.54, 1.807) is 0 Å². The van der Waals surface area contributed by atoms with Gasteiger partial charge in [0.2, 0.25) is 0 Å². The van der Waals surface area contributed by atoms with Crippen LogP contribution in [-0.4, -0.2) is 47.8 Å². The highest BCUT2D eigenvalue weighted by Crippen LogP contribution is 2.36. The van der Waals surface area contributed by atoms with Crippen LogP contribution in [0.1, 0.15) is 46.0 Å². The monoisotopic (exact) mass is 269 g/mol. The second-order valence-corrected chi connectivity index (χ2v) is 5.97. The Kier molecular flexibility index (Phi) is 5.22. The molecule has 2 aliphatic rings. The summed E-state index contributed by atoms with van der Waals surface area (Å²) in [5.74, 6) is -0.100. The van der Waals surface area contributed by atoms with Crippen LogP contribution in [0.4, 0.5) is 0 Å². The minimum absolute atomic E-state index is 0.185. The van der Waals surface area contributed by atoms with Crippen LogP contribution < -0.4 is 0 Å². The molecule has 1 aliphatic heterocycles. The Labute approximate surface area is 116 Å². The molecule has 110 valence electrons. The molecule has 19 heavy (non-hydrogen) atoms. The third kappa shape index (κ3) is 3.29. The lowest BCUT2D eigenvalue weighted by Gasteiger charge is -2.46. The smallest absolute Gasteiger partial charge is 0.308 e. The molecule has 0 aromatic rings. The molecule has 1 saturated heterocycles. The van der Waals surface area contributed by atoms with Gasteiger partial charge in [0.1, 0.15) is 0 Å². The lowest BCUT2D eigenvalue weighted by Crippen LogP contribution is -2.55. The summed E-state index contributed by atoms with van der Waals surface area (Å²) in [7, 11) is 0. The van der Waals surface area contributed by atoms with Gasteiger partial charge in [0.25, 0.3) is 0 Å². The van der Waals surface area contributed by atoms with E-state index in [-0.39, 0.29) is 12.0 Å². The first-order chi connectivity index (χ1) is 9.17. The Morgan fingerprint density at radius 1 is 1.32 bits per heavy atom. The molecule has 4 atom stereocenters. The summed E-state index contributed by atoms with van der Waals surface area (Å²) >= 11 is 0. The third-order valence-corrected chi connectivity index (χ3v) is 4.99. The van der Waals surface area contributed by atoms with E-state index >= 15 is 0 Å². The molecular weight excluding hydrogens is 242 g/mol. The van der Waals surface area contributed by atoms with Gasteiger partial charge in [-0.2, -0.15) is 0 Å². The van der Waals surface area contributed by atoms with E-state index in [0.29, 0.717) is 12.0 Å². The van der Waals surface area contributed by atoms with Crippen molar-refractivity contribution in [3.8, 4) is 0 Å². The maximum atomic E-state index is 11.5. The van der Waals surface area contributed by atoms with Crippen LogP contribution in [0.3, 0.4) is 0 Å². The number of carboxylic acids is 1. The Bertz CT molecular complexity index is 308. The molecule has 0 bridgehead atoms. The minimum atomic E-state index is -0.610. The van der Waals surface area contributed by atoms with Gasteiger partial charge in [0.15, 0.2) is 0 Å². The molecular formula is C15H27NO3. The van der Waals surface area contributed by atoms with E-state index < -0.39 is 5.97 Å². The predicted molar refractivity (Wildman–Crippen MR) is 74.1 cm³/mol. The molecule has 4 heteroatoms. The molecule has 0 amide bonds. The highest BCUT2D eigenvalue weighted by atomic mass is 16.5. The van der Waals surface area contributed by atoms with Crippen molar-refractivity contribution in [2.24, 2.45) is 11.8 Å². The number of morpholine rings is 1. The van der Waals surface area contributed by atoms with Crippen LogP contribution in [0.5, 0.6) is 0 Å². The normalized spacial score (nSPS) is 37.2. The van der Waals surface area contributed by atoms with E-state index in [2.05, 4.69) is 18.7 Å². The van der Waals surface area contributed by atoms with E-state index in [1.807, 2.05) is 0 Å². The minimum Gasteiger partial charge on any atom is -0.481 e. The molecule has 1 saturated carbocycles. The van der Waals surface area contributed by atoms with Crippen LogP contribution in [0, 0.1) is 11.8 Å². The molecule has 2 rings (SSSR count). The second kappa shape index (κ2) is 6.71. The first-order valence-corrected chi connectivity index (χ1v) is 7.73. The van der Waals surface area contributed by atoms with E-state index in [9.17, 15) is 9.90 Å². The van der Waals surface area contributed by atoms with Crippen LogP contribution in [-0.2, 0) is 9.53 Å². The van der Waals surface area contributed by atoms with Gasteiger partial charge < -0.3 is 9.84 Å². The Hall–Kier alpha value is -0.610. The number of ether oxygens (including phenoxy) is 1. The first kappa shape index (κ1) is 14.8. The fraction of sp³-hybridized carbons (Fsp3) is 0.933. The van der Waals surface area contributed by atoms with Gasteiger partial charge in [0, 0.05) is 18.6 Å². The highest BCUT2D eigenvalue weighted by molar-refractivity contribution is 5.71. The quantitative estimate of drug-likeness (QED) is 0.851. The number of nitrogens with zero attached hydrogens (tertiary/aromatic N) is 1. The van der Waals surface area contributed by atoms with Crippen LogP contribution in [0.2, 0.25) is 0 Å². The van der Waals surface area contributed by atoms with E-state index in [1.165, 1.54) is 6.42 Å². The molecule has 0 radical (unpaired) electrons. The Morgan fingerprint density at radius 2 is 2.11 bits per heavy atom. The molecule has 1 aliphatic carbocycles. The maximum absolute atomic E-state index is 11.5. The Balaban J connectivity index is 2.12. The standard InChI is InChI=1S/C15H27NO3/c1-3-11-5-6-13(15(17)18)14(9-11)16-7-8-19-10-12(16)4-2/h11-14H,3-10H2,1-2H3,(H,17,18). The van der Waals surface area contributed by atoms with Crippen molar-refractivity contribution in [3.63, 3.8) is 0 Å². The zero-order chi connectivity index (χ0) is 13.8. The molecule has 0 spiro atoms. The molecule has 0 aromatic carbocycles. The largest absolute Gasteiger partial charge is 0.481 e. The van der Waals surface area contributed by atoms with Crippen LogP contribution in [0.15, 0.2) is 0 Å². The van der Waals surface area contributed by atoms with E-state index in [4.69, 9.17) is 4.74 Å². The van der Waals surface area contributed by atoms with Crippen molar-refractivity contribution in [1.82, 2.24) is 4.90 Å². The van der Waals surface area contributed by atoms with Gasteiger partial charge >= 0.3 is 5.97 Å². The number of aliphatic carboxylic acids is 1. The van der Waals surface area contributed by atoms with Crippen molar-refractivity contribution >= 4 is 5.97 Å². The predicted octanol–water partition coefficient (Wildman–Crippen LogP) is 2.38. The molecule has 4 unspecified atom stereocenters. The number of carboxylic acid groups (broad SMARTS) is 1. The van der Waals surface area contributed by atoms with Crippen molar-refractivity contribution in [3.05, 3.63) is 0 Å². The summed E-state index contributed by atoms with van der Waals surface area (Å²) in [6.07, 6.45) is 5.17. The lowest BCUT2D eigenvalue weighted by atomic mass is 9.76. The van der Waals surface area contributed by atoms with Gasteiger partial charge in [-0.1, -0.05) is 20.3 Å². The van der Waals surface area contributed by atoms with Crippen molar-refractivity contribution in [2.45, 2.75) is 58.0 Å². The SMILES string of the molecule is CCC1CCC(C(=O)O)C(N2CCOCC2CC)C1. The fourth-order valence-corrected chi connectivity index (χ4v) is 3.71. The zero-order valence-electron chi connectivity index (χ0n) is 12.2. The van der Waals surface area contributed by atoms with Gasteiger partial charge in [-0.3, -0.25) is 9.69 Å². The van der Waals surface area contributed by atoms with Crippen molar-refractivity contribution in [2.75, 3.05) is 19.8 Å².